The first-order chi connectivity index (χ1) is 8.60. The number of para-hydroxylation sites is 1. The van der Waals surface area contributed by atoms with Gasteiger partial charge in [0.05, 0.1) is 21.3 Å². The predicted octanol–water partition coefficient (Wildman–Crippen LogP) is 1.99. The standard InChI is InChI=1S/C13H15N3OS/c1-13(6-3-7-15-13)12-16-10-8(11(14)17)4-2-5-9(10)18-12/h2,4-5,15H,3,6-7H2,1H3,(H2,14,17)/t13-/m0/s1. The Hall–Kier alpha value is -1.46. The maximum atomic E-state index is 11.4. The smallest absolute Gasteiger partial charge is 0.250 e. The van der Waals surface area contributed by atoms with Crippen molar-refractivity contribution in [2.75, 3.05) is 6.54 Å². The quantitative estimate of drug-likeness (QED) is 0.868. The van der Waals surface area contributed by atoms with Crippen molar-refractivity contribution in [1.29, 1.82) is 0 Å². The monoisotopic (exact) mass is 261 g/mol. The molecule has 0 unspecified atom stereocenters. The maximum Gasteiger partial charge on any atom is 0.250 e. The summed E-state index contributed by atoms with van der Waals surface area (Å²) in [6.07, 6.45) is 2.24. The van der Waals surface area contributed by atoms with Gasteiger partial charge in [0, 0.05) is 0 Å². The third-order valence-electron chi connectivity index (χ3n) is 3.53. The summed E-state index contributed by atoms with van der Waals surface area (Å²) in [4.78, 5) is 16.0. The van der Waals surface area contributed by atoms with E-state index in [1.807, 2.05) is 12.1 Å². The van der Waals surface area contributed by atoms with Gasteiger partial charge in [0.1, 0.15) is 5.01 Å². The summed E-state index contributed by atoms with van der Waals surface area (Å²) >= 11 is 1.64. The largest absolute Gasteiger partial charge is 0.366 e. The number of fused-ring (bicyclic) bond motifs is 1. The van der Waals surface area contributed by atoms with E-state index in [-0.39, 0.29) is 5.54 Å². The van der Waals surface area contributed by atoms with Gasteiger partial charge < -0.3 is 11.1 Å². The molecule has 1 aromatic heterocycles. The van der Waals surface area contributed by atoms with Crippen molar-refractivity contribution in [1.82, 2.24) is 10.3 Å². The van der Waals surface area contributed by atoms with Crippen molar-refractivity contribution < 1.29 is 4.79 Å². The predicted molar refractivity (Wildman–Crippen MR) is 72.7 cm³/mol. The minimum absolute atomic E-state index is 0.0569. The zero-order valence-electron chi connectivity index (χ0n) is 10.2. The van der Waals surface area contributed by atoms with Crippen LogP contribution in [0.1, 0.15) is 35.1 Å². The van der Waals surface area contributed by atoms with Crippen molar-refractivity contribution in [2.24, 2.45) is 5.73 Å². The molecule has 94 valence electrons. The highest BCUT2D eigenvalue weighted by atomic mass is 32.1. The number of amides is 1. The maximum absolute atomic E-state index is 11.4. The van der Waals surface area contributed by atoms with E-state index in [4.69, 9.17) is 5.73 Å². The summed E-state index contributed by atoms with van der Waals surface area (Å²) in [7, 11) is 0. The number of nitrogens with one attached hydrogen (secondary N) is 1. The topological polar surface area (TPSA) is 68.0 Å². The second kappa shape index (κ2) is 4.03. The van der Waals surface area contributed by atoms with E-state index in [1.165, 1.54) is 0 Å². The van der Waals surface area contributed by atoms with E-state index < -0.39 is 5.91 Å². The van der Waals surface area contributed by atoms with Gasteiger partial charge in [0.25, 0.3) is 5.91 Å². The van der Waals surface area contributed by atoms with Gasteiger partial charge in [0.15, 0.2) is 0 Å². The molecule has 0 bridgehead atoms. The molecule has 1 saturated heterocycles. The van der Waals surface area contributed by atoms with E-state index in [1.54, 1.807) is 17.4 Å². The van der Waals surface area contributed by atoms with Crippen LogP contribution in [0.5, 0.6) is 0 Å². The van der Waals surface area contributed by atoms with Crippen LogP contribution >= 0.6 is 11.3 Å². The second-order valence-corrected chi connectivity index (χ2v) is 5.93. The molecule has 0 saturated carbocycles. The van der Waals surface area contributed by atoms with Crippen molar-refractivity contribution >= 4 is 27.5 Å². The van der Waals surface area contributed by atoms with Crippen LogP contribution in [-0.4, -0.2) is 17.4 Å². The molecular weight excluding hydrogens is 246 g/mol. The van der Waals surface area contributed by atoms with E-state index in [9.17, 15) is 4.79 Å². The summed E-state index contributed by atoms with van der Waals surface area (Å²) in [5.41, 5.74) is 6.58. The molecule has 1 fully saturated rings. The fourth-order valence-electron chi connectivity index (χ4n) is 2.46. The summed E-state index contributed by atoms with van der Waals surface area (Å²) in [6.45, 7) is 3.19. The SMILES string of the molecule is C[C@@]1(c2nc3c(C(N)=O)cccc3s2)CCCN1. The third kappa shape index (κ3) is 1.71. The van der Waals surface area contributed by atoms with Gasteiger partial charge >= 0.3 is 0 Å². The summed E-state index contributed by atoms with van der Waals surface area (Å²) < 4.78 is 1.02. The molecular formula is C13H15N3OS. The molecule has 1 aliphatic heterocycles. The molecule has 2 heterocycles. The van der Waals surface area contributed by atoms with Gasteiger partial charge in [-0.15, -0.1) is 11.3 Å². The van der Waals surface area contributed by atoms with Crippen molar-refractivity contribution in [3.8, 4) is 0 Å². The molecule has 2 aromatic rings. The van der Waals surface area contributed by atoms with Crippen LogP contribution in [0.2, 0.25) is 0 Å². The number of carbonyl (C=O) groups is 1. The van der Waals surface area contributed by atoms with E-state index >= 15 is 0 Å². The second-order valence-electron chi connectivity index (χ2n) is 4.90. The Labute approximate surface area is 109 Å². The number of hydrogen-bond acceptors (Lipinski definition) is 4. The third-order valence-corrected chi connectivity index (χ3v) is 4.81. The number of carbonyl (C=O) groups excluding carboxylic acids is 1. The van der Waals surface area contributed by atoms with Gasteiger partial charge in [-0.25, -0.2) is 4.98 Å². The van der Waals surface area contributed by atoms with Crippen molar-refractivity contribution in [3.63, 3.8) is 0 Å². The van der Waals surface area contributed by atoms with Crippen LogP contribution in [0.3, 0.4) is 0 Å². The Morgan fingerprint density at radius 2 is 2.39 bits per heavy atom. The first-order valence-electron chi connectivity index (χ1n) is 6.05. The molecule has 3 N–H and O–H groups in total. The number of thiazole rings is 1. The molecule has 5 heteroatoms. The van der Waals surface area contributed by atoms with Crippen LogP contribution in [0.25, 0.3) is 10.2 Å². The first kappa shape index (κ1) is 11.6. The molecule has 0 aliphatic carbocycles. The molecule has 1 atom stereocenters. The van der Waals surface area contributed by atoms with Crippen LogP contribution in [-0.2, 0) is 5.54 Å². The van der Waals surface area contributed by atoms with E-state index in [0.717, 1.165) is 34.6 Å². The first-order valence-corrected chi connectivity index (χ1v) is 6.87. The average molecular weight is 261 g/mol. The Balaban J connectivity index is 2.16. The number of aromatic nitrogens is 1. The number of primary amides is 1. The number of hydrogen-bond donors (Lipinski definition) is 2. The molecule has 1 aromatic carbocycles. The zero-order valence-corrected chi connectivity index (χ0v) is 11.0. The molecule has 18 heavy (non-hydrogen) atoms. The fraction of sp³-hybridized carbons (Fsp3) is 0.385. The highest BCUT2D eigenvalue weighted by Gasteiger charge is 2.33. The summed E-state index contributed by atoms with van der Waals surface area (Å²) in [5.74, 6) is -0.415. The Morgan fingerprint density at radius 1 is 1.56 bits per heavy atom. The molecule has 0 spiro atoms. The lowest BCUT2D eigenvalue weighted by Crippen LogP contribution is -2.32. The minimum atomic E-state index is -0.415. The van der Waals surface area contributed by atoms with E-state index in [2.05, 4.69) is 17.2 Å². The summed E-state index contributed by atoms with van der Waals surface area (Å²) in [6, 6.07) is 5.58. The molecule has 1 aliphatic rings. The Bertz CT molecular complexity index is 614. The minimum Gasteiger partial charge on any atom is -0.366 e. The lowest BCUT2D eigenvalue weighted by Gasteiger charge is -2.20. The highest BCUT2D eigenvalue weighted by molar-refractivity contribution is 7.18. The zero-order chi connectivity index (χ0) is 12.8. The van der Waals surface area contributed by atoms with Crippen LogP contribution in [0.15, 0.2) is 18.2 Å². The number of nitrogens with two attached hydrogens (primary N) is 1. The van der Waals surface area contributed by atoms with Gasteiger partial charge in [-0.05, 0) is 38.4 Å². The van der Waals surface area contributed by atoms with Crippen LogP contribution < -0.4 is 11.1 Å². The molecule has 3 rings (SSSR count). The number of rotatable bonds is 2. The number of nitrogens with zero attached hydrogens (tertiary/aromatic N) is 1. The molecule has 0 radical (unpaired) electrons. The van der Waals surface area contributed by atoms with Gasteiger partial charge in [-0.3, -0.25) is 4.79 Å². The molecule has 1 amide bonds. The molecule has 4 nitrogen and oxygen atoms in total. The number of benzene rings is 1. The lowest BCUT2D eigenvalue weighted by atomic mass is 10.0. The Kier molecular flexibility index (Phi) is 2.60. The lowest BCUT2D eigenvalue weighted by molar-refractivity contribution is 0.100. The van der Waals surface area contributed by atoms with Crippen LogP contribution in [0.4, 0.5) is 0 Å². The highest BCUT2D eigenvalue weighted by Crippen LogP contribution is 2.36. The Morgan fingerprint density at radius 3 is 3.06 bits per heavy atom. The van der Waals surface area contributed by atoms with Gasteiger partial charge in [-0.2, -0.15) is 0 Å². The van der Waals surface area contributed by atoms with Crippen molar-refractivity contribution in [3.05, 3.63) is 28.8 Å². The normalized spacial score (nSPS) is 23.6. The van der Waals surface area contributed by atoms with Gasteiger partial charge in [0.2, 0.25) is 0 Å². The van der Waals surface area contributed by atoms with E-state index in [0.29, 0.717) is 5.56 Å². The summed E-state index contributed by atoms with van der Waals surface area (Å²) in [5, 5.41) is 4.54. The fourth-order valence-corrected chi connectivity index (χ4v) is 3.60. The van der Waals surface area contributed by atoms with Crippen LogP contribution in [0, 0.1) is 0 Å². The van der Waals surface area contributed by atoms with Crippen molar-refractivity contribution in [2.45, 2.75) is 25.3 Å². The van der Waals surface area contributed by atoms with Gasteiger partial charge in [-0.1, -0.05) is 6.07 Å². The average Bonchev–Trinajstić information content (AvgIpc) is 2.94.